The maximum absolute atomic E-state index is 10.1. The molecule has 2 aliphatic carbocycles. The third-order valence-electron chi connectivity index (χ3n) is 5.00. The number of aliphatic hydroxyl groups excluding tert-OH is 1. The van der Waals surface area contributed by atoms with Gasteiger partial charge in [-0.05, 0) is 70.2 Å². The Labute approximate surface area is 153 Å². The van der Waals surface area contributed by atoms with Crippen LogP contribution in [0.1, 0.15) is 44.9 Å². The van der Waals surface area contributed by atoms with E-state index in [0.29, 0.717) is 6.61 Å². The monoisotopic (exact) mass is 349 g/mol. The second-order valence-electron chi connectivity index (χ2n) is 7.43. The Bertz CT molecular complexity index is 482. The zero-order valence-electron chi connectivity index (χ0n) is 16.1. The average molecular weight is 350 g/mol. The van der Waals surface area contributed by atoms with Crippen molar-refractivity contribution in [3.05, 3.63) is 35.5 Å². The van der Waals surface area contributed by atoms with Gasteiger partial charge in [0.2, 0.25) is 0 Å². The van der Waals surface area contributed by atoms with Crippen LogP contribution in [0.3, 0.4) is 0 Å². The van der Waals surface area contributed by atoms with Gasteiger partial charge in [0.15, 0.2) is 0 Å². The van der Waals surface area contributed by atoms with Gasteiger partial charge in [-0.1, -0.05) is 24.3 Å². The van der Waals surface area contributed by atoms with Crippen molar-refractivity contribution in [1.82, 2.24) is 4.90 Å². The van der Waals surface area contributed by atoms with Crippen LogP contribution in [0.4, 0.5) is 0 Å². The number of nitrogens with zero attached hydrogens (tertiary/aromatic N) is 1. The van der Waals surface area contributed by atoms with E-state index in [2.05, 4.69) is 29.2 Å². The predicted octanol–water partition coefficient (Wildman–Crippen LogP) is 3.48. The highest BCUT2D eigenvalue weighted by Crippen LogP contribution is 2.28. The summed E-state index contributed by atoms with van der Waals surface area (Å²) in [5.41, 5.74) is 2.76. The number of ether oxygens (including phenoxy) is 2. The minimum Gasteiger partial charge on any atom is -0.391 e. The lowest BCUT2D eigenvalue weighted by atomic mass is 9.90. The van der Waals surface area contributed by atoms with E-state index in [1.165, 1.54) is 17.6 Å². The Morgan fingerprint density at radius 3 is 2.92 bits per heavy atom. The highest BCUT2D eigenvalue weighted by atomic mass is 16.5. The highest BCUT2D eigenvalue weighted by molar-refractivity contribution is 5.26. The van der Waals surface area contributed by atoms with Crippen molar-refractivity contribution in [2.45, 2.75) is 63.3 Å². The normalized spacial score (nSPS) is 25.0. The zero-order valence-corrected chi connectivity index (χ0v) is 16.1. The quantitative estimate of drug-likeness (QED) is 0.613. The van der Waals surface area contributed by atoms with Crippen LogP contribution in [-0.4, -0.2) is 62.7 Å². The second-order valence-corrected chi connectivity index (χ2v) is 7.43. The Kier molecular flexibility index (Phi) is 8.90. The van der Waals surface area contributed by atoms with Crippen molar-refractivity contribution in [3.63, 3.8) is 0 Å². The molecule has 0 radical (unpaired) electrons. The predicted molar refractivity (Wildman–Crippen MR) is 103 cm³/mol. The topological polar surface area (TPSA) is 41.9 Å². The number of methoxy groups -OCH3 is 1. The highest BCUT2D eigenvalue weighted by Gasteiger charge is 2.20. The second kappa shape index (κ2) is 10.9. The van der Waals surface area contributed by atoms with Crippen molar-refractivity contribution in [2.24, 2.45) is 0 Å². The molecule has 0 aliphatic heterocycles. The van der Waals surface area contributed by atoms with Gasteiger partial charge in [-0.25, -0.2) is 0 Å². The van der Waals surface area contributed by atoms with E-state index in [1.54, 1.807) is 7.11 Å². The first kappa shape index (κ1) is 20.4. The summed E-state index contributed by atoms with van der Waals surface area (Å²) in [4.78, 5) is 2.09. The van der Waals surface area contributed by atoms with Crippen molar-refractivity contribution in [3.8, 4) is 0 Å². The summed E-state index contributed by atoms with van der Waals surface area (Å²) in [7, 11) is 5.82. The van der Waals surface area contributed by atoms with Crippen LogP contribution in [0.15, 0.2) is 35.5 Å². The van der Waals surface area contributed by atoms with Crippen LogP contribution in [0.25, 0.3) is 0 Å². The van der Waals surface area contributed by atoms with E-state index in [4.69, 9.17) is 9.47 Å². The molecular weight excluding hydrogens is 314 g/mol. The molecule has 0 spiro atoms. The molecule has 2 aliphatic rings. The molecule has 1 N–H and O–H groups in total. The number of aliphatic hydroxyl groups is 1. The number of hydrogen-bond donors (Lipinski definition) is 1. The van der Waals surface area contributed by atoms with Gasteiger partial charge in [0.1, 0.15) is 0 Å². The Morgan fingerprint density at radius 2 is 2.16 bits per heavy atom. The van der Waals surface area contributed by atoms with E-state index >= 15 is 0 Å². The number of hydrogen-bond acceptors (Lipinski definition) is 4. The lowest BCUT2D eigenvalue weighted by molar-refractivity contribution is -0.00600. The molecule has 0 fully saturated rings. The minimum absolute atomic E-state index is 0.175. The van der Waals surface area contributed by atoms with Crippen molar-refractivity contribution in [1.29, 1.82) is 0 Å². The molecule has 0 saturated heterocycles. The van der Waals surface area contributed by atoms with E-state index in [-0.39, 0.29) is 18.3 Å². The molecule has 3 unspecified atom stereocenters. The van der Waals surface area contributed by atoms with Crippen LogP contribution in [-0.2, 0) is 9.47 Å². The molecule has 142 valence electrons. The molecule has 0 aromatic heterocycles. The number of allylic oxidation sites excluding steroid dienone is 3. The van der Waals surface area contributed by atoms with Gasteiger partial charge in [-0.2, -0.15) is 0 Å². The smallest absolute Gasteiger partial charge is 0.0792 e. The fourth-order valence-electron chi connectivity index (χ4n) is 3.41. The van der Waals surface area contributed by atoms with Crippen LogP contribution < -0.4 is 0 Å². The molecule has 4 heteroatoms. The molecule has 0 aromatic carbocycles. The Hall–Kier alpha value is -0.940. The van der Waals surface area contributed by atoms with Gasteiger partial charge < -0.3 is 19.5 Å². The minimum atomic E-state index is -0.378. The molecule has 3 atom stereocenters. The summed E-state index contributed by atoms with van der Waals surface area (Å²) in [6.45, 7) is 1.32. The van der Waals surface area contributed by atoms with Crippen molar-refractivity contribution < 1.29 is 14.6 Å². The van der Waals surface area contributed by atoms with E-state index in [0.717, 1.165) is 45.1 Å². The summed E-state index contributed by atoms with van der Waals surface area (Å²) < 4.78 is 11.5. The van der Waals surface area contributed by atoms with Crippen molar-refractivity contribution in [2.75, 3.05) is 34.4 Å². The lowest BCUT2D eigenvalue weighted by Crippen LogP contribution is -2.27. The molecule has 0 bridgehead atoms. The van der Waals surface area contributed by atoms with Crippen LogP contribution >= 0.6 is 0 Å². The molecule has 0 heterocycles. The third-order valence-corrected chi connectivity index (χ3v) is 5.00. The van der Waals surface area contributed by atoms with E-state index in [1.807, 2.05) is 14.1 Å². The molecular formula is C21H35NO3. The van der Waals surface area contributed by atoms with Crippen LogP contribution in [0.2, 0.25) is 0 Å². The SMILES string of the molecule is COC1C=C(CCC2=CCCCC2OCC(O)CCN(C)C)C=CC1. The first-order valence-electron chi connectivity index (χ1n) is 9.62. The Balaban J connectivity index is 1.79. The lowest BCUT2D eigenvalue weighted by Gasteiger charge is -2.26. The maximum atomic E-state index is 10.1. The third kappa shape index (κ3) is 7.45. The molecule has 25 heavy (non-hydrogen) atoms. The summed E-state index contributed by atoms with van der Waals surface area (Å²) in [5.74, 6) is 0. The molecule has 0 amide bonds. The van der Waals surface area contributed by atoms with Gasteiger partial charge in [0.05, 0.1) is 24.9 Å². The van der Waals surface area contributed by atoms with Gasteiger partial charge in [-0.3, -0.25) is 0 Å². The molecule has 0 aromatic rings. The van der Waals surface area contributed by atoms with Gasteiger partial charge in [0, 0.05) is 13.7 Å². The first-order valence-corrected chi connectivity index (χ1v) is 9.62. The standard InChI is InChI=1S/C21H35NO3/c1-22(2)14-13-19(23)16-25-21-10-5-4-8-18(21)12-11-17-7-6-9-20(15-17)24-3/h6-8,15,19-21,23H,4-5,9-14,16H2,1-3H3. The van der Waals surface area contributed by atoms with Gasteiger partial charge in [0.25, 0.3) is 0 Å². The van der Waals surface area contributed by atoms with Gasteiger partial charge in [-0.15, -0.1) is 0 Å². The van der Waals surface area contributed by atoms with Crippen LogP contribution in [0.5, 0.6) is 0 Å². The average Bonchev–Trinajstić information content (AvgIpc) is 2.63. The molecule has 2 rings (SSSR count). The summed E-state index contributed by atoms with van der Waals surface area (Å²) in [5, 5.41) is 10.1. The van der Waals surface area contributed by atoms with Crippen molar-refractivity contribution >= 4 is 0 Å². The summed E-state index contributed by atoms with van der Waals surface area (Å²) >= 11 is 0. The summed E-state index contributed by atoms with van der Waals surface area (Å²) in [6, 6.07) is 0. The number of rotatable bonds is 10. The van der Waals surface area contributed by atoms with Gasteiger partial charge >= 0.3 is 0 Å². The molecule has 0 saturated carbocycles. The first-order chi connectivity index (χ1) is 12.1. The van der Waals surface area contributed by atoms with E-state index in [9.17, 15) is 5.11 Å². The largest absolute Gasteiger partial charge is 0.391 e. The van der Waals surface area contributed by atoms with Crippen LogP contribution in [0, 0.1) is 0 Å². The molecule has 4 nitrogen and oxygen atoms in total. The Morgan fingerprint density at radius 1 is 1.32 bits per heavy atom. The zero-order chi connectivity index (χ0) is 18.1. The fourth-order valence-corrected chi connectivity index (χ4v) is 3.41. The summed E-state index contributed by atoms with van der Waals surface area (Å²) in [6.07, 6.45) is 16.2. The maximum Gasteiger partial charge on any atom is 0.0792 e. The van der Waals surface area contributed by atoms with E-state index < -0.39 is 0 Å². The fraction of sp³-hybridized carbons (Fsp3) is 0.714.